The molecule has 0 bridgehead atoms. The number of allylic oxidation sites excluding steroid dienone is 2. The van der Waals surface area contributed by atoms with Crippen molar-refractivity contribution in [3.63, 3.8) is 0 Å². The summed E-state index contributed by atoms with van der Waals surface area (Å²) in [4.78, 5) is 0. The third kappa shape index (κ3) is 9.23. The van der Waals surface area contributed by atoms with Gasteiger partial charge < -0.3 is 10.4 Å². The SMILES string of the molecule is CCCCCCCCCCC/C=C/CCCC1NC=C[N+]1(CC)CCO. The fraction of sp³-hybridized carbons (Fsp3) is 0.826. The Kier molecular flexibility index (Phi) is 13.7. The number of rotatable bonds is 17. The van der Waals surface area contributed by atoms with Crippen LogP contribution >= 0.6 is 0 Å². The number of likely N-dealkylation sites (N-methyl/N-ethyl adjacent to an activating group) is 1. The van der Waals surface area contributed by atoms with E-state index in [1.54, 1.807) is 0 Å². The van der Waals surface area contributed by atoms with Gasteiger partial charge in [0.2, 0.25) is 0 Å². The van der Waals surface area contributed by atoms with Crippen LogP contribution in [0.15, 0.2) is 24.6 Å². The van der Waals surface area contributed by atoms with Gasteiger partial charge in [-0.3, -0.25) is 4.48 Å². The number of nitrogens with one attached hydrogen (secondary N) is 1. The molecule has 1 heterocycles. The van der Waals surface area contributed by atoms with Crippen molar-refractivity contribution in [2.45, 2.75) is 103 Å². The van der Waals surface area contributed by atoms with E-state index in [1.165, 1.54) is 83.5 Å². The van der Waals surface area contributed by atoms with E-state index in [2.05, 4.69) is 43.7 Å². The summed E-state index contributed by atoms with van der Waals surface area (Å²) in [6, 6.07) is 0. The summed E-state index contributed by atoms with van der Waals surface area (Å²) in [5, 5.41) is 12.8. The standard InChI is InChI=1S/C23H45N2O/c1-3-5-6-7-8-9-10-11-12-13-14-15-16-17-18-23-24-19-20-25(23,4-2)21-22-26/h14-15,19-20,23-24,26H,3-13,16-18,21-22H2,1-2H3/q+1/b15-14+. The second-order valence-electron chi connectivity index (χ2n) is 7.88. The molecule has 0 spiro atoms. The molecule has 0 aliphatic carbocycles. The van der Waals surface area contributed by atoms with Crippen molar-refractivity contribution < 1.29 is 9.59 Å². The molecule has 0 saturated carbocycles. The third-order valence-electron chi connectivity index (χ3n) is 5.88. The van der Waals surface area contributed by atoms with Crippen LogP contribution in [0.4, 0.5) is 0 Å². The smallest absolute Gasteiger partial charge is 0.166 e. The topological polar surface area (TPSA) is 32.3 Å². The van der Waals surface area contributed by atoms with Gasteiger partial charge in [0.05, 0.1) is 19.4 Å². The van der Waals surface area contributed by atoms with Gasteiger partial charge in [-0.15, -0.1) is 0 Å². The monoisotopic (exact) mass is 365 g/mol. The number of unbranched alkanes of at least 4 members (excludes halogenated alkanes) is 10. The zero-order valence-corrected chi connectivity index (χ0v) is 17.6. The third-order valence-corrected chi connectivity index (χ3v) is 5.88. The second kappa shape index (κ2) is 15.3. The highest BCUT2D eigenvalue weighted by Gasteiger charge is 2.35. The van der Waals surface area contributed by atoms with Crippen molar-refractivity contribution in [2.75, 3.05) is 19.7 Å². The lowest BCUT2D eigenvalue weighted by Crippen LogP contribution is -2.54. The first kappa shape index (κ1) is 23.2. The number of nitrogens with zero attached hydrogens (tertiary/aromatic N) is 1. The molecule has 0 aromatic rings. The molecule has 1 rings (SSSR count). The highest BCUT2D eigenvalue weighted by atomic mass is 16.3. The molecule has 0 aromatic heterocycles. The van der Waals surface area contributed by atoms with Gasteiger partial charge in [-0.05, 0) is 32.6 Å². The van der Waals surface area contributed by atoms with E-state index in [-0.39, 0.29) is 6.61 Å². The molecule has 26 heavy (non-hydrogen) atoms. The minimum atomic E-state index is 0.259. The maximum atomic E-state index is 9.35. The van der Waals surface area contributed by atoms with Crippen molar-refractivity contribution in [2.24, 2.45) is 0 Å². The van der Waals surface area contributed by atoms with E-state index in [0.717, 1.165) is 17.6 Å². The van der Waals surface area contributed by atoms with Crippen molar-refractivity contribution in [3.8, 4) is 0 Å². The van der Waals surface area contributed by atoms with E-state index >= 15 is 0 Å². The molecule has 2 atom stereocenters. The van der Waals surface area contributed by atoms with E-state index in [4.69, 9.17) is 0 Å². The molecule has 0 fully saturated rings. The minimum absolute atomic E-state index is 0.259. The Morgan fingerprint density at radius 1 is 0.885 bits per heavy atom. The Hall–Kier alpha value is -0.800. The van der Waals surface area contributed by atoms with Crippen LogP contribution in [0.5, 0.6) is 0 Å². The van der Waals surface area contributed by atoms with Gasteiger partial charge in [0.25, 0.3) is 0 Å². The van der Waals surface area contributed by atoms with E-state index in [1.807, 2.05) is 0 Å². The van der Waals surface area contributed by atoms with Crippen molar-refractivity contribution >= 4 is 0 Å². The normalized spacial score (nSPS) is 22.3. The van der Waals surface area contributed by atoms with Crippen molar-refractivity contribution in [3.05, 3.63) is 24.6 Å². The van der Waals surface area contributed by atoms with Crippen LogP contribution in [0.2, 0.25) is 0 Å². The zero-order chi connectivity index (χ0) is 18.9. The lowest BCUT2D eigenvalue weighted by molar-refractivity contribution is -0.900. The highest BCUT2D eigenvalue weighted by Crippen LogP contribution is 2.22. The molecule has 0 aromatic carbocycles. The molecule has 1 aliphatic heterocycles. The number of aliphatic hydroxyl groups excluding tert-OH is 1. The quantitative estimate of drug-likeness (QED) is 0.192. The predicted octanol–water partition coefficient (Wildman–Crippen LogP) is 5.86. The first-order chi connectivity index (χ1) is 12.8. The summed E-state index contributed by atoms with van der Waals surface area (Å²) in [7, 11) is 0. The fourth-order valence-electron chi connectivity index (χ4n) is 4.03. The van der Waals surface area contributed by atoms with Crippen LogP contribution in [0.3, 0.4) is 0 Å². The Balaban J connectivity index is 1.96. The lowest BCUT2D eigenvalue weighted by atomic mass is 10.1. The average Bonchev–Trinajstić information content (AvgIpc) is 3.05. The van der Waals surface area contributed by atoms with Crippen LogP contribution in [0.25, 0.3) is 0 Å². The Morgan fingerprint density at radius 3 is 2.12 bits per heavy atom. The van der Waals surface area contributed by atoms with Gasteiger partial charge in [-0.25, -0.2) is 0 Å². The van der Waals surface area contributed by atoms with Gasteiger partial charge in [-0.2, -0.15) is 0 Å². The summed E-state index contributed by atoms with van der Waals surface area (Å²) in [5.41, 5.74) is 0. The van der Waals surface area contributed by atoms with Crippen LogP contribution in [0, 0.1) is 0 Å². The Bertz CT molecular complexity index is 380. The molecule has 0 radical (unpaired) electrons. The maximum Gasteiger partial charge on any atom is 0.166 e. The molecule has 2 unspecified atom stereocenters. The lowest BCUT2D eigenvalue weighted by Gasteiger charge is -2.36. The number of aliphatic hydroxyl groups is 1. The largest absolute Gasteiger partial charge is 0.390 e. The summed E-state index contributed by atoms with van der Waals surface area (Å²) < 4.78 is 0.888. The molecular formula is C23H45N2O+. The molecule has 152 valence electrons. The summed E-state index contributed by atoms with van der Waals surface area (Å²) in [6.45, 7) is 6.62. The van der Waals surface area contributed by atoms with Crippen LogP contribution < -0.4 is 5.32 Å². The van der Waals surface area contributed by atoms with Crippen LogP contribution in [-0.2, 0) is 0 Å². The molecule has 1 aliphatic rings. The summed E-state index contributed by atoms with van der Waals surface area (Å²) in [5.74, 6) is 0. The molecule has 0 saturated heterocycles. The zero-order valence-electron chi connectivity index (χ0n) is 17.6. The van der Waals surface area contributed by atoms with Gasteiger partial charge >= 0.3 is 0 Å². The maximum absolute atomic E-state index is 9.35. The molecule has 2 N–H and O–H groups in total. The van der Waals surface area contributed by atoms with Gasteiger partial charge in [0.15, 0.2) is 6.17 Å². The van der Waals surface area contributed by atoms with E-state index < -0.39 is 0 Å². The molecule has 3 heteroatoms. The molecule has 3 nitrogen and oxygen atoms in total. The van der Waals surface area contributed by atoms with Crippen LogP contribution in [-0.4, -0.2) is 35.5 Å². The highest BCUT2D eigenvalue weighted by molar-refractivity contribution is 4.86. The van der Waals surface area contributed by atoms with Gasteiger partial charge in [0.1, 0.15) is 12.7 Å². The van der Waals surface area contributed by atoms with Gasteiger partial charge in [0, 0.05) is 6.42 Å². The molecular weight excluding hydrogens is 320 g/mol. The van der Waals surface area contributed by atoms with Crippen molar-refractivity contribution in [1.29, 1.82) is 0 Å². The van der Waals surface area contributed by atoms with Crippen LogP contribution in [0.1, 0.15) is 97.3 Å². The minimum Gasteiger partial charge on any atom is -0.390 e. The average molecular weight is 366 g/mol. The Labute approximate surface area is 163 Å². The Morgan fingerprint density at radius 2 is 1.50 bits per heavy atom. The van der Waals surface area contributed by atoms with Gasteiger partial charge in [-0.1, -0.05) is 70.4 Å². The van der Waals surface area contributed by atoms with Crippen molar-refractivity contribution in [1.82, 2.24) is 5.32 Å². The number of hydrogen-bond donors (Lipinski definition) is 2. The summed E-state index contributed by atoms with van der Waals surface area (Å²) >= 11 is 0. The first-order valence-corrected chi connectivity index (χ1v) is 11.3. The summed E-state index contributed by atoms with van der Waals surface area (Å²) in [6.07, 6.45) is 27.0. The second-order valence-corrected chi connectivity index (χ2v) is 7.88. The first-order valence-electron chi connectivity index (χ1n) is 11.3. The fourth-order valence-corrected chi connectivity index (χ4v) is 4.03. The van der Waals surface area contributed by atoms with E-state index in [9.17, 15) is 5.11 Å². The van der Waals surface area contributed by atoms with E-state index in [0.29, 0.717) is 6.17 Å². The molecule has 0 amide bonds. The number of quaternary nitrogens is 1. The predicted molar refractivity (Wildman–Crippen MR) is 114 cm³/mol. The number of hydrogen-bond acceptors (Lipinski definition) is 2.